The number of nitrogens with two attached hydrogens (primary N) is 2. The average Bonchev–Trinajstić information content (AvgIpc) is 3.13. The van der Waals surface area contributed by atoms with Crippen LogP contribution in [0.5, 0.6) is 0 Å². The van der Waals surface area contributed by atoms with Gasteiger partial charge in [0, 0.05) is 0 Å². The van der Waals surface area contributed by atoms with E-state index in [2.05, 4.69) is 134 Å². The predicted molar refractivity (Wildman–Crippen MR) is 202 cm³/mol. The first-order valence-corrected chi connectivity index (χ1v) is 15.7. The van der Waals surface area contributed by atoms with Crippen LogP contribution < -0.4 is 11.5 Å². The monoisotopic (exact) mass is 620 g/mol. The Balaban J connectivity index is 0.00000145. The summed E-state index contributed by atoms with van der Waals surface area (Å²) >= 11 is 0. The molecule has 0 aliphatic heterocycles. The van der Waals surface area contributed by atoms with Crippen molar-refractivity contribution < 1.29 is 0 Å². The Hall–Kier alpha value is -6.62. The molecular weight excluding hydrogens is 585 g/mol. The lowest BCUT2D eigenvalue weighted by molar-refractivity contribution is 1.27. The van der Waals surface area contributed by atoms with Gasteiger partial charge in [0.1, 0.15) is 6.07 Å². The van der Waals surface area contributed by atoms with Crippen LogP contribution in [0.2, 0.25) is 0 Å². The molecule has 4 heteroatoms. The van der Waals surface area contributed by atoms with Gasteiger partial charge in [-0.3, -0.25) is 0 Å². The van der Waals surface area contributed by atoms with Crippen LogP contribution in [-0.4, -0.2) is 0 Å². The van der Waals surface area contributed by atoms with E-state index in [1.165, 1.54) is 44.8 Å². The van der Waals surface area contributed by atoms with Gasteiger partial charge in [-0.05, 0) is 97.6 Å². The van der Waals surface area contributed by atoms with E-state index in [4.69, 9.17) is 11.0 Å². The minimum atomic E-state index is 0.454. The molecule has 0 saturated heterocycles. The Bertz CT molecular complexity index is 2280. The molecule has 4 nitrogen and oxygen atoms in total. The van der Waals surface area contributed by atoms with Crippen LogP contribution in [0.15, 0.2) is 164 Å². The third-order valence-electron chi connectivity index (χ3n) is 8.18. The predicted octanol–water partition coefficient (Wildman–Crippen LogP) is 10.5. The molecule has 0 radical (unpaired) electrons. The van der Waals surface area contributed by atoms with Gasteiger partial charge in [0.05, 0.1) is 11.3 Å². The molecule has 0 heterocycles. The van der Waals surface area contributed by atoms with E-state index < -0.39 is 0 Å². The molecular formula is C44H36N4. The molecule has 6 aromatic carbocycles. The second-order valence-corrected chi connectivity index (χ2v) is 11.1. The lowest BCUT2D eigenvalue weighted by Crippen LogP contribution is -2.00. The van der Waals surface area contributed by atoms with Crippen LogP contribution in [0.1, 0.15) is 18.1 Å². The molecule has 0 aliphatic carbocycles. The molecule has 6 rings (SSSR count). The summed E-state index contributed by atoms with van der Waals surface area (Å²) in [6.45, 7) is 5.70. The van der Waals surface area contributed by atoms with Crippen LogP contribution >= 0.6 is 0 Å². The fourth-order valence-corrected chi connectivity index (χ4v) is 6.12. The van der Waals surface area contributed by atoms with Gasteiger partial charge in [0.15, 0.2) is 6.19 Å². The Labute approximate surface area is 282 Å². The number of nitriles is 2. The first-order valence-electron chi connectivity index (χ1n) is 15.7. The molecule has 0 aliphatic rings. The molecule has 48 heavy (non-hydrogen) atoms. The van der Waals surface area contributed by atoms with Crippen molar-refractivity contribution in [2.45, 2.75) is 13.3 Å². The Morgan fingerprint density at radius 3 is 1.96 bits per heavy atom. The molecule has 232 valence electrons. The highest BCUT2D eigenvalue weighted by Crippen LogP contribution is 2.45. The number of allylic oxidation sites excluding steroid dienone is 6. The normalized spacial score (nSPS) is 11.5. The van der Waals surface area contributed by atoms with E-state index in [1.54, 1.807) is 6.08 Å². The van der Waals surface area contributed by atoms with Crippen molar-refractivity contribution in [3.63, 3.8) is 0 Å². The molecule has 0 atom stereocenters. The van der Waals surface area contributed by atoms with Gasteiger partial charge < -0.3 is 11.5 Å². The highest BCUT2D eigenvalue weighted by molar-refractivity contribution is 6.22. The largest absolute Gasteiger partial charge is 0.397 e. The Morgan fingerprint density at radius 1 is 0.688 bits per heavy atom. The second-order valence-electron chi connectivity index (χ2n) is 11.1. The van der Waals surface area contributed by atoms with Crippen molar-refractivity contribution in [1.29, 1.82) is 10.5 Å². The van der Waals surface area contributed by atoms with Crippen molar-refractivity contribution in [3.8, 4) is 45.6 Å². The molecule has 0 aromatic heterocycles. The van der Waals surface area contributed by atoms with E-state index in [0.29, 0.717) is 11.3 Å². The summed E-state index contributed by atoms with van der Waals surface area (Å²) in [6.07, 6.45) is 11.6. The average molecular weight is 621 g/mol. The van der Waals surface area contributed by atoms with E-state index in [-0.39, 0.29) is 0 Å². The number of hydrogen-bond acceptors (Lipinski definition) is 4. The summed E-state index contributed by atoms with van der Waals surface area (Å²) in [5.74, 6) is 0. The first kappa shape index (κ1) is 32.8. The zero-order chi connectivity index (χ0) is 33.9. The van der Waals surface area contributed by atoms with Gasteiger partial charge in [0.2, 0.25) is 0 Å². The lowest BCUT2D eigenvalue weighted by atomic mass is 9.84. The molecule has 0 saturated carbocycles. The van der Waals surface area contributed by atoms with Crippen LogP contribution in [0.4, 0.5) is 0 Å². The van der Waals surface area contributed by atoms with Crippen LogP contribution in [0.25, 0.3) is 60.6 Å². The van der Waals surface area contributed by atoms with E-state index in [9.17, 15) is 5.26 Å². The maximum atomic E-state index is 9.75. The minimum absolute atomic E-state index is 0.454. The Morgan fingerprint density at radius 2 is 1.29 bits per heavy atom. The van der Waals surface area contributed by atoms with Crippen LogP contribution in [0.3, 0.4) is 0 Å². The first-order chi connectivity index (χ1) is 23.5. The highest BCUT2D eigenvalue weighted by Gasteiger charge is 2.18. The molecule has 6 aromatic rings. The standard InChI is InChI=1S/C43H34N2.CH2N2/c1-3-5-7-15-30-16-12-19-33(26-30)42-38-23-11-10-22-37(38)41(34-20-13-21-35(27-34)43(45)36(29-44)14-4-2)39-25-24-32(28-40(39)42)31-17-8-6-9-18-31;2-1-3/h3-14,16-28H,1,15,45H2,2H3;2H2/b7-5-,14-4-,43-36+;. The number of fused-ring (bicyclic) bond motifs is 2. The van der Waals surface area contributed by atoms with Crippen molar-refractivity contribution >= 4 is 27.2 Å². The van der Waals surface area contributed by atoms with E-state index in [1.807, 2.05) is 37.3 Å². The quantitative estimate of drug-likeness (QED) is 0.0581. The smallest absolute Gasteiger partial charge is 0.173 e. The summed E-state index contributed by atoms with van der Waals surface area (Å²) in [5, 5.41) is 21.5. The van der Waals surface area contributed by atoms with Crippen molar-refractivity contribution in [2.75, 3.05) is 0 Å². The topological polar surface area (TPSA) is 99.6 Å². The van der Waals surface area contributed by atoms with Crippen LogP contribution in [0, 0.1) is 22.8 Å². The summed E-state index contributed by atoms with van der Waals surface area (Å²) < 4.78 is 0. The molecule has 4 N–H and O–H groups in total. The zero-order valence-electron chi connectivity index (χ0n) is 26.9. The SMILES string of the molecule is C=C/C=C\Cc1cccc(-c2c3ccccc3c(-c3cccc(/C(N)=C(C#N)/C=C\C)c3)c3ccc(-c4ccccc4)cc23)c1.N#CN. The van der Waals surface area contributed by atoms with Gasteiger partial charge in [0.25, 0.3) is 0 Å². The molecule has 0 amide bonds. The number of rotatable bonds is 8. The minimum Gasteiger partial charge on any atom is -0.397 e. The van der Waals surface area contributed by atoms with Gasteiger partial charge in [-0.25, -0.2) is 0 Å². The number of hydrogen-bond donors (Lipinski definition) is 2. The third kappa shape index (κ3) is 6.95. The van der Waals surface area contributed by atoms with Crippen molar-refractivity contribution in [3.05, 3.63) is 175 Å². The summed E-state index contributed by atoms with van der Waals surface area (Å²) in [7, 11) is 0. The molecule has 0 fully saturated rings. The van der Waals surface area contributed by atoms with Gasteiger partial charge in [-0.2, -0.15) is 10.5 Å². The summed E-state index contributed by atoms with van der Waals surface area (Å²) in [6, 6.07) is 45.3. The maximum Gasteiger partial charge on any atom is 0.173 e. The van der Waals surface area contributed by atoms with Gasteiger partial charge in [-0.15, -0.1) is 0 Å². The van der Waals surface area contributed by atoms with Crippen LogP contribution in [-0.2, 0) is 6.42 Å². The van der Waals surface area contributed by atoms with Crippen molar-refractivity contribution in [1.82, 2.24) is 0 Å². The fraction of sp³-hybridized carbons (Fsp3) is 0.0455. The number of nitrogens with zero attached hydrogens (tertiary/aromatic N) is 2. The van der Waals surface area contributed by atoms with Crippen molar-refractivity contribution in [2.24, 2.45) is 11.5 Å². The highest BCUT2D eigenvalue weighted by atomic mass is 14.6. The van der Waals surface area contributed by atoms with E-state index in [0.717, 1.165) is 33.9 Å². The zero-order valence-corrected chi connectivity index (χ0v) is 26.9. The lowest BCUT2D eigenvalue weighted by Gasteiger charge is -2.19. The van der Waals surface area contributed by atoms with Gasteiger partial charge >= 0.3 is 0 Å². The fourth-order valence-electron chi connectivity index (χ4n) is 6.12. The second kappa shape index (κ2) is 15.6. The number of benzene rings is 6. The van der Waals surface area contributed by atoms with Gasteiger partial charge in [-0.1, -0.05) is 140 Å². The summed E-state index contributed by atoms with van der Waals surface area (Å²) in [4.78, 5) is 0. The molecule has 0 spiro atoms. The third-order valence-corrected chi connectivity index (χ3v) is 8.18. The summed E-state index contributed by atoms with van der Waals surface area (Å²) in [5.41, 5.74) is 20.6. The molecule has 0 unspecified atom stereocenters. The van der Waals surface area contributed by atoms with E-state index >= 15 is 0 Å². The molecule has 0 bridgehead atoms. The maximum absolute atomic E-state index is 9.75. The Kier molecular flexibility index (Phi) is 10.6.